The van der Waals surface area contributed by atoms with E-state index in [9.17, 15) is 9.18 Å². The van der Waals surface area contributed by atoms with E-state index in [0.717, 1.165) is 12.8 Å². The van der Waals surface area contributed by atoms with Gasteiger partial charge in [0.05, 0.1) is 0 Å². The molecule has 17 heavy (non-hydrogen) atoms. The van der Waals surface area contributed by atoms with Gasteiger partial charge in [-0.3, -0.25) is 0 Å². The Morgan fingerprint density at radius 1 is 1.47 bits per heavy atom. The van der Waals surface area contributed by atoms with E-state index in [1.165, 1.54) is 6.08 Å². The van der Waals surface area contributed by atoms with Crippen molar-refractivity contribution in [2.75, 3.05) is 0 Å². The Balaban J connectivity index is 2.04. The Kier molecular flexibility index (Phi) is 3.25. The molecule has 2 saturated heterocycles. The second-order valence-corrected chi connectivity index (χ2v) is 5.91. The molecule has 0 radical (unpaired) electrons. The quantitative estimate of drug-likeness (QED) is 0.564. The minimum absolute atomic E-state index is 0.109. The molecule has 0 aromatic heterocycles. The first kappa shape index (κ1) is 12.6. The number of nitrogens with one attached hydrogen (secondary N) is 1. The topological polar surface area (TPSA) is 38.3 Å². The number of piperidine rings is 1. The lowest BCUT2D eigenvalue weighted by molar-refractivity contribution is -0.148. The smallest absolute Gasteiger partial charge is 0.331 e. The van der Waals surface area contributed by atoms with Crippen molar-refractivity contribution in [1.82, 2.24) is 5.32 Å². The van der Waals surface area contributed by atoms with Crippen LogP contribution in [0.25, 0.3) is 0 Å². The van der Waals surface area contributed by atoms with Gasteiger partial charge in [-0.1, -0.05) is 0 Å². The predicted molar refractivity (Wildman–Crippen MR) is 63.4 cm³/mol. The SMILES string of the molecule is CC(C)(C)OC(=O)/C=C1/CC2CCC(N2)C1F. The summed E-state index contributed by atoms with van der Waals surface area (Å²) in [6, 6.07) is 0.225. The van der Waals surface area contributed by atoms with Crippen LogP contribution in [-0.4, -0.2) is 29.8 Å². The number of fused-ring (bicyclic) bond motifs is 2. The highest BCUT2D eigenvalue weighted by Gasteiger charge is 2.38. The van der Waals surface area contributed by atoms with E-state index in [2.05, 4.69) is 5.32 Å². The minimum Gasteiger partial charge on any atom is -0.457 e. The molecule has 0 saturated carbocycles. The van der Waals surface area contributed by atoms with Crippen molar-refractivity contribution < 1.29 is 13.9 Å². The average molecular weight is 241 g/mol. The van der Waals surface area contributed by atoms with Crippen LogP contribution in [0.5, 0.6) is 0 Å². The van der Waals surface area contributed by atoms with Crippen molar-refractivity contribution in [3.05, 3.63) is 11.6 Å². The summed E-state index contributed by atoms with van der Waals surface area (Å²) < 4.78 is 19.2. The molecule has 2 aliphatic rings. The Labute approximate surface area is 101 Å². The van der Waals surface area contributed by atoms with Crippen LogP contribution in [0.2, 0.25) is 0 Å². The summed E-state index contributed by atoms with van der Waals surface area (Å²) in [5.41, 5.74) is 0.0665. The fourth-order valence-corrected chi connectivity index (χ4v) is 2.52. The molecule has 2 bridgehead atoms. The van der Waals surface area contributed by atoms with Crippen LogP contribution in [0.1, 0.15) is 40.0 Å². The maximum atomic E-state index is 14.0. The second kappa shape index (κ2) is 4.41. The summed E-state index contributed by atoms with van der Waals surface area (Å²) in [6.45, 7) is 5.42. The Morgan fingerprint density at radius 3 is 2.82 bits per heavy atom. The number of carbonyl (C=O) groups is 1. The monoisotopic (exact) mass is 241 g/mol. The van der Waals surface area contributed by atoms with Gasteiger partial charge in [0, 0.05) is 18.2 Å². The molecule has 2 aliphatic heterocycles. The highest BCUT2D eigenvalue weighted by molar-refractivity contribution is 5.83. The van der Waals surface area contributed by atoms with Gasteiger partial charge in [-0.05, 0) is 45.6 Å². The molecular weight excluding hydrogens is 221 g/mol. The van der Waals surface area contributed by atoms with Crippen LogP contribution < -0.4 is 5.32 Å². The summed E-state index contributed by atoms with van der Waals surface area (Å²) in [6.07, 6.45) is 2.79. The molecule has 0 aromatic carbocycles. The van der Waals surface area contributed by atoms with Crippen molar-refractivity contribution in [2.45, 2.75) is 63.9 Å². The van der Waals surface area contributed by atoms with Gasteiger partial charge in [-0.15, -0.1) is 0 Å². The third kappa shape index (κ3) is 3.06. The molecule has 1 N–H and O–H groups in total. The number of ether oxygens (including phenoxy) is 1. The third-order valence-corrected chi connectivity index (χ3v) is 3.18. The second-order valence-electron chi connectivity index (χ2n) is 5.91. The van der Waals surface area contributed by atoms with Crippen LogP contribution in [-0.2, 0) is 9.53 Å². The Bertz CT molecular complexity index is 346. The third-order valence-electron chi connectivity index (χ3n) is 3.18. The highest BCUT2D eigenvalue weighted by atomic mass is 19.1. The van der Waals surface area contributed by atoms with Crippen LogP contribution in [0, 0.1) is 0 Å². The maximum absolute atomic E-state index is 14.0. The molecular formula is C13H20FNO2. The lowest BCUT2D eigenvalue weighted by Gasteiger charge is -2.27. The van der Waals surface area contributed by atoms with Crippen molar-refractivity contribution in [3.8, 4) is 0 Å². The normalized spacial score (nSPS) is 35.1. The van der Waals surface area contributed by atoms with Gasteiger partial charge in [0.25, 0.3) is 0 Å². The zero-order valence-electron chi connectivity index (χ0n) is 10.6. The van der Waals surface area contributed by atoms with E-state index >= 15 is 0 Å². The van der Waals surface area contributed by atoms with Gasteiger partial charge in [0.1, 0.15) is 11.8 Å². The first-order chi connectivity index (χ1) is 7.85. The largest absolute Gasteiger partial charge is 0.457 e. The number of hydrogen-bond acceptors (Lipinski definition) is 3. The molecule has 3 unspecified atom stereocenters. The summed E-state index contributed by atoms with van der Waals surface area (Å²) in [5, 5.41) is 3.22. The van der Waals surface area contributed by atoms with Crippen LogP contribution in [0.3, 0.4) is 0 Å². The highest BCUT2D eigenvalue weighted by Crippen LogP contribution is 2.32. The number of esters is 1. The fraction of sp³-hybridized carbons (Fsp3) is 0.769. The Hall–Kier alpha value is -0.900. The average Bonchev–Trinajstić information content (AvgIpc) is 2.55. The van der Waals surface area contributed by atoms with E-state index < -0.39 is 17.7 Å². The van der Waals surface area contributed by atoms with Gasteiger partial charge in [-0.2, -0.15) is 0 Å². The molecule has 2 fully saturated rings. The van der Waals surface area contributed by atoms with Gasteiger partial charge in [-0.25, -0.2) is 9.18 Å². The summed E-state index contributed by atoms with van der Waals surface area (Å²) >= 11 is 0. The Morgan fingerprint density at radius 2 is 2.18 bits per heavy atom. The first-order valence-electron chi connectivity index (χ1n) is 6.19. The predicted octanol–water partition coefficient (Wildman–Crippen LogP) is 2.12. The van der Waals surface area contributed by atoms with Crippen molar-refractivity contribution in [1.29, 1.82) is 0 Å². The van der Waals surface area contributed by atoms with Gasteiger partial charge in [0.2, 0.25) is 0 Å². The molecule has 0 aromatic rings. The molecule has 3 atom stereocenters. The summed E-state index contributed by atoms with van der Waals surface area (Å²) in [5.74, 6) is -0.434. The van der Waals surface area contributed by atoms with Gasteiger partial charge >= 0.3 is 5.97 Å². The fourth-order valence-electron chi connectivity index (χ4n) is 2.52. The lowest BCUT2D eigenvalue weighted by atomic mass is 9.97. The van der Waals surface area contributed by atoms with Crippen molar-refractivity contribution in [3.63, 3.8) is 0 Å². The van der Waals surface area contributed by atoms with E-state index in [1.54, 1.807) is 0 Å². The standard InChI is InChI=1S/C13H20FNO2/c1-13(2,3)17-11(16)7-8-6-9-4-5-10(15-9)12(8)14/h7,9-10,12,15H,4-6H2,1-3H3/b8-7-. The number of alkyl halides is 1. The molecule has 4 heteroatoms. The molecule has 96 valence electrons. The maximum Gasteiger partial charge on any atom is 0.331 e. The van der Waals surface area contributed by atoms with Crippen LogP contribution >= 0.6 is 0 Å². The number of carbonyl (C=O) groups excluding carboxylic acids is 1. The molecule has 0 amide bonds. The van der Waals surface area contributed by atoms with Crippen LogP contribution in [0.15, 0.2) is 11.6 Å². The van der Waals surface area contributed by atoms with Crippen molar-refractivity contribution in [2.24, 2.45) is 0 Å². The number of hydrogen-bond donors (Lipinski definition) is 1. The lowest BCUT2D eigenvalue weighted by Crippen LogP contribution is -2.43. The van der Waals surface area contributed by atoms with E-state index in [4.69, 9.17) is 4.74 Å². The first-order valence-corrected chi connectivity index (χ1v) is 6.19. The summed E-state index contributed by atoms with van der Waals surface area (Å²) in [7, 11) is 0. The van der Waals surface area contributed by atoms with Crippen LogP contribution in [0.4, 0.5) is 4.39 Å². The van der Waals surface area contributed by atoms with Gasteiger partial charge < -0.3 is 10.1 Å². The molecule has 2 heterocycles. The van der Waals surface area contributed by atoms with Crippen molar-refractivity contribution >= 4 is 5.97 Å². The van der Waals surface area contributed by atoms with E-state index in [0.29, 0.717) is 18.0 Å². The molecule has 3 nitrogen and oxygen atoms in total. The molecule has 0 aliphatic carbocycles. The zero-order valence-corrected chi connectivity index (χ0v) is 10.6. The minimum atomic E-state index is -1.04. The van der Waals surface area contributed by atoms with E-state index in [1.807, 2.05) is 20.8 Å². The number of halogens is 1. The zero-order chi connectivity index (χ0) is 12.6. The molecule has 0 spiro atoms. The number of rotatable bonds is 1. The van der Waals surface area contributed by atoms with E-state index in [-0.39, 0.29) is 6.04 Å². The molecule has 2 rings (SSSR count). The summed E-state index contributed by atoms with van der Waals surface area (Å²) in [4.78, 5) is 11.6. The van der Waals surface area contributed by atoms with Gasteiger partial charge in [0.15, 0.2) is 0 Å².